The maximum Gasteiger partial charge on any atom is 0.334 e. The number of nitrogens with one attached hydrogen (secondary N) is 1. The minimum atomic E-state index is -0.625. The van der Waals surface area contributed by atoms with E-state index in [0.29, 0.717) is 12.3 Å². The van der Waals surface area contributed by atoms with Gasteiger partial charge in [0.05, 0.1) is 12.3 Å². The number of hydrogen-bond donors (Lipinski definition) is 1. The molecule has 0 spiro atoms. The van der Waals surface area contributed by atoms with Crippen LogP contribution in [0.2, 0.25) is 0 Å². The molecule has 1 heterocycles. The van der Waals surface area contributed by atoms with E-state index in [1.165, 1.54) is 0 Å². The molecule has 4 nitrogen and oxygen atoms in total. The lowest BCUT2D eigenvalue weighted by Crippen LogP contribution is -2.24. The number of nitrogens with zero attached hydrogens (tertiary/aromatic N) is 1. The van der Waals surface area contributed by atoms with Crippen LogP contribution in [0.15, 0.2) is 47.1 Å². The quantitative estimate of drug-likeness (QED) is 0.833. The lowest BCUT2D eigenvalue weighted by molar-refractivity contribution is -0.144. The summed E-state index contributed by atoms with van der Waals surface area (Å²) in [4.78, 5) is 16.5. The van der Waals surface area contributed by atoms with Gasteiger partial charge in [-0.3, -0.25) is 4.98 Å². The third kappa shape index (κ3) is 4.29. The van der Waals surface area contributed by atoms with Crippen LogP contribution in [0.5, 0.6) is 0 Å². The van der Waals surface area contributed by atoms with Crippen molar-refractivity contribution >= 4 is 27.6 Å². The maximum absolute atomic E-state index is 12.2. The van der Waals surface area contributed by atoms with E-state index in [-0.39, 0.29) is 5.97 Å². The number of aryl methyl sites for hydroxylation is 1. The number of hydrogen-bond acceptors (Lipinski definition) is 4. The number of aromatic nitrogens is 1. The number of esters is 1. The molecule has 0 radical (unpaired) electrons. The van der Waals surface area contributed by atoms with E-state index in [1.807, 2.05) is 37.3 Å². The van der Waals surface area contributed by atoms with Crippen molar-refractivity contribution in [1.82, 2.24) is 4.98 Å². The molecular weight excluding hydrogens is 332 g/mol. The first kappa shape index (κ1) is 15.5. The summed E-state index contributed by atoms with van der Waals surface area (Å²) >= 11 is 3.34. The van der Waals surface area contributed by atoms with Gasteiger partial charge in [-0.1, -0.05) is 12.1 Å². The number of rotatable bonds is 5. The van der Waals surface area contributed by atoms with Crippen LogP contribution >= 0.6 is 15.9 Å². The summed E-state index contributed by atoms with van der Waals surface area (Å²) in [6.45, 7) is 4.13. The number of benzene rings is 1. The van der Waals surface area contributed by atoms with Crippen LogP contribution in [-0.4, -0.2) is 17.6 Å². The molecule has 0 aliphatic rings. The van der Waals surface area contributed by atoms with Crippen molar-refractivity contribution in [1.29, 1.82) is 0 Å². The molecule has 0 aliphatic heterocycles. The Balaban J connectivity index is 2.27. The molecule has 5 heteroatoms. The molecule has 21 heavy (non-hydrogen) atoms. The Kier molecular flexibility index (Phi) is 5.33. The number of carbonyl (C=O) groups is 1. The smallest absolute Gasteiger partial charge is 0.334 e. The molecule has 1 aromatic heterocycles. The second-order valence-electron chi connectivity index (χ2n) is 4.60. The molecule has 0 saturated heterocycles. The van der Waals surface area contributed by atoms with Crippen molar-refractivity contribution in [3.8, 4) is 0 Å². The van der Waals surface area contributed by atoms with E-state index in [1.54, 1.807) is 19.2 Å². The molecule has 1 atom stereocenters. The van der Waals surface area contributed by atoms with Crippen molar-refractivity contribution in [2.24, 2.45) is 0 Å². The van der Waals surface area contributed by atoms with Gasteiger partial charge in [0.25, 0.3) is 0 Å². The maximum atomic E-state index is 12.2. The first-order chi connectivity index (χ1) is 10.1. The number of halogens is 1. The Morgan fingerprint density at radius 1 is 1.38 bits per heavy atom. The second-order valence-corrected chi connectivity index (χ2v) is 5.52. The van der Waals surface area contributed by atoms with E-state index in [0.717, 1.165) is 15.7 Å². The summed E-state index contributed by atoms with van der Waals surface area (Å²) in [6.07, 6.45) is 1.67. The Hall–Kier alpha value is -1.88. The van der Waals surface area contributed by atoms with E-state index in [4.69, 9.17) is 4.74 Å². The average molecular weight is 349 g/mol. The van der Waals surface area contributed by atoms with Gasteiger partial charge in [0, 0.05) is 16.4 Å². The fraction of sp³-hybridized carbons (Fsp3) is 0.250. The molecular formula is C16H17BrN2O2. The van der Waals surface area contributed by atoms with Gasteiger partial charge >= 0.3 is 5.97 Å². The summed E-state index contributed by atoms with van der Waals surface area (Å²) in [6, 6.07) is 10.9. The fourth-order valence-electron chi connectivity index (χ4n) is 1.94. The molecule has 0 saturated carbocycles. The molecule has 110 valence electrons. The Morgan fingerprint density at radius 2 is 2.19 bits per heavy atom. The highest BCUT2D eigenvalue weighted by Crippen LogP contribution is 2.21. The van der Waals surface area contributed by atoms with E-state index in [2.05, 4.69) is 26.2 Å². The normalized spacial score (nSPS) is 11.8. The largest absolute Gasteiger partial charge is 0.464 e. The van der Waals surface area contributed by atoms with Crippen LogP contribution in [0.4, 0.5) is 5.69 Å². The summed E-state index contributed by atoms with van der Waals surface area (Å²) in [5.41, 5.74) is 2.60. The highest BCUT2D eigenvalue weighted by molar-refractivity contribution is 9.10. The van der Waals surface area contributed by atoms with Gasteiger partial charge in [0.1, 0.15) is 0 Å². The van der Waals surface area contributed by atoms with Crippen LogP contribution in [0.3, 0.4) is 0 Å². The van der Waals surface area contributed by atoms with Gasteiger partial charge < -0.3 is 10.1 Å². The lowest BCUT2D eigenvalue weighted by atomic mass is 10.1. The number of anilines is 1. The average Bonchev–Trinajstić information content (AvgIpc) is 2.46. The molecule has 2 aromatic rings. The SMILES string of the molecule is CCOC(=O)C(Nc1cccc(C)c1)c1ccc(Br)cn1. The monoisotopic (exact) mass is 348 g/mol. The van der Waals surface area contributed by atoms with Gasteiger partial charge in [0.15, 0.2) is 6.04 Å². The van der Waals surface area contributed by atoms with E-state index >= 15 is 0 Å². The van der Waals surface area contributed by atoms with Crippen LogP contribution in [0.25, 0.3) is 0 Å². The van der Waals surface area contributed by atoms with Gasteiger partial charge in [-0.15, -0.1) is 0 Å². The molecule has 0 aliphatic carbocycles. The van der Waals surface area contributed by atoms with Gasteiger partial charge in [0.2, 0.25) is 0 Å². The second kappa shape index (κ2) is 7.22. The van der Waals surface area contributed by atoms with E-state index in [9.17, 15) is 4.79 Å². The third-order valence-electron chi connectivity index (χ3n) is 2.90. The zero-order valence-electron chi connectivity index (χ0n) is 12.0. The van der Waals surface area contributed by atoms with Gasteiger partial charge in [-0.05, 0) is 59.6 Å². The molecule has 0 amide bonds. The van der Waals surface area contributed by atoms with Crippen LogP contribution in [0, 0.1) is 6.92 Å². The zero-order chi connectivity index (χ0) is 15.2. The molecule has 1 N–H and O–H groups in total. The Morgan fingerprint density at radius 3 is 2.81 bits per heavy atom. The first-order valence-corrected chi connectivity index (χ1v) is 7.50. The predicted octanol–water partition coefficient (Wildman–Crippen LogP) is 3.87. The van der Waals surface area contributed by atoms with Crippen LogP contribution < -0.4 is 5.32 Å². The number of pyridine rings is 1. The van der Waals surface area contributed by atoms with Crippen LogP contribution in [-0.2, 0) is 9.53 Å². The van der Waals surface area contributed by atoms with Crippen LogP contribution in [0.1, 0.15) is 24.2 Å². The molecule has 1 unspecified atom stereocenters. The van der Waals surface area contributed by atoms with Crippen molar-refractivity contribution in [3.05, 3.63) is 58.3 Å². The highest BCUT2D eigenvalue weighted by Gasteiger charge is 2.23. The summed E-state index contributed by atoms with van der Waals surface area (Å²) in [5, 5.41) is 3.19. The Labute approximate surface area is 132 Å². The molecule has 1 aromatic carbocycles. The molecule has 0 bridgehead atoms. The Bertz CT molecular complexity index is 614. The minimum absolute atomic E-state index is 0.335. The topological polar surface area (TPSA) is 51.2 Å². The van der Waals surface area contributed by atoms with Crippen molar-refractivity contribution in [2.75, 3.05) is 11.9 Å². The summed E-state index contributed by atoms with van der Waals surface area (Å²) < 4.78 is 6.00. The fourth-order valence-corrected chi connectivity index (χ4v) is 2.17. The molecule has 2 rings (SSSR count). The molecule has 0 fully saturated rings. The first-order valence-electron chi connectivity index (χ1n) is 6.71. The summed E-state index contributed by atoms with van der Waals surface area (Å²) in [7, 11) is 0. The lowest BCUT2D eigenvalue weighted by Gasteiger charge is -2.18. The summed E-state index contributed by atoms with van der Waals surface area (Å²) in [5.74, 6) is -0.339. The zero-order valence-corrected chi connectivity index (χ0v) is 13.6. The minimum Gasteiger partial charge on any atom is -0.464 e. The number of carbonyl (C=O) groups excluding carboxylic acids is 1. The van der Waals surface area contributed by atoms with Crippen molar-refractivity contribution in [2.45, 2.75) is 19.9 Å². The highest BCUT2D eigenvalue weighted by atomic mass is 79.9. The van der Waals surface area contributed by atoms with Gasteiger partial charge in [-0.25, -0.2) is 4.79 Å². The third-order valence-corrected chi connectivity index (χ3v) is 3.37. The van der Waals surface area contributed by atoms with Gasteiger partial charge in [-0.2, -0.15) is 0 Å². The van der Waals surface area contributed by atoms with Crippen molar-refractivity contribution in [3.63, 3.8) is 0 Å². The standard InChI is InChI=1S/C16H17BrN2O2/c1-3-21-16(20)15(14-8-7-12(17)10-18-14)19-13-6-4-5-11(2)9-13/h4-10,15,19H,3H2,1-2H3. The predicted molar refractivity (Wildman–Crippen MR) is 86.1 cm³/mol. The number of ether oxygens (including phenoxy) is 1. The van der Waals surface area contributed by atoms with E-state index < -0.39 is 6.04 Å². The van der Waals surface area contributed by atoms with Crippen molar-refractivity contribution < 1.29 is 9.53 Å².